The van der Waals surface area contributed by atoms with E-state index in [9.17, 15) is 9.59 Å². The molecule has 1 aromatic carbocycles. The highest BCUT2D eigenvalue weighted by atomic mass is 35.5. The van der Waals surface area contributed by atoms with E-state index in [1.165, 1.54) is 0 Å². The van der Waals surface area contributed by atoms with Crippen LogP contribution in [0, 0.1) is 0 Å². The fourth-order valence-electron chi connectivity index (χ4n) is 2.74. The second-order valence-corrected chi connectivity index (χ2v) is 7.12. The van der Waals surface area contributed by atoms with Gasteiger partial charge in [0.15, 0.2) is 5.69 Å². The molecule has 1 saturated heterocycles. The topological polar surface area (TPSA) is 88.3 Å². The maximum Gasteiger partial charge on any atom is 0.275 e. The molecule has 1 fully saturated rings. The molecule has 1 aliphatic rings. The first kappa shape index (κ1) is 17.7. The minimum absolute atomic E-state index is 0.172. The number of halogens is 1. The number of aromatic nitrogens is 1. The van der Waals surface area contributed by atoms with Crippen molar-refractivity contribution in [3.63, 3.8) is 0 Å². The monoisotopic (exact) mass is 378 g/mol. The second kappa shape index (κ2) is 7.84. The molecular formula is C17H19ClN4O2S. The SMILES string of the molecule is Nc1c(C(=O)N2CCCC2)nsc1C(=O)NCCc1ccc(Cl)cc1. The van der Waals surface area contributed by atoms with Gasteiger partial charge < -0.3 is 16.0 Å². The van der Waals surface area contributed by atoms with Crippen molar-refractivity contribution in [3.05, 3.63) is 45.4 Å². The zero-order valence-corrected chi connectivity index (χ0v) is 15.2. The minimum atomic E-state index is -0.301. The largest absolute Gasteiger partial charge is 0.395 e. The van der Waals surface area contributed by atoms with E-state index < -0.39 is 0 Å². The Morgan fingerprint density at radius 2 is 1.92 bits per heavy atom. The van der Waals surface area contributed by atoms with Crippen LogP contribution in [0.15, 0.2) is 24.3 Å². The van der Waals surface area contributed by atoms with Crippen molar-refractivity contribution in [3.8, 4) is 0 Å². The molecule has 2 heterocycles. The van der Waals surface area contributed by atoms with Crippen LogP contribution in [0.2, 0.25) is 5.02 Å². The number of carbonyl (C=O) groups excluding carboxylic acids is 2. The number of benzene rings is 1. The highest BCUT2D eigenvalue weighted by Gasteiger charge is 2.27. The lowest BCUT2D eigenvalue weighted by Gasteiger charge is -2.13. The predicted molar refractivity (Wildman–Crippen MR) is 99.2 cm³/mol. The Bertz CT molecular complexity index is 769. The van der Waals surface area contributed by atoms with Crippen molar-refractivity contribution in [1.82, 2.24) is 14.6 Å². The van der Waals surface area contributed by atoms with Crippen LogP contribution < -0.4 is 11.1 Å². The third-order valence-electron chi connectivity index (χ3n) is 4.14. The van der Waals surface area contributed by atoms with Gasteiger partial charge in [-0.1, -0.05) is 23.7 Å². The number of anilines is 1. The number of nitrogens with zero attached hydrogens (tertiary/aromatic N) is 2. The molecule has 1 aromatic heterocycles. The maximum atomic E-state index is 12.4. The summed E-state index contributed by atoms with van der Waals surface area (Å²) in [6, 6.07) is 7.47. The Balaban J connectivity index is 1.58. The number of amides is 2. The van der Waals surface area contributed by atoms with Crippen LogP contribution in [-0.2, 0) is 6.42 Å². The summed E-state index contributed by atoms with van der Waals surface area (Å²) >= 11 is 6.82. The Morgan fingerprint density at radius 3 is 2.60 bits per heavy atom. The van der Waals surface area contributed by atoms with Crippen LogP contribution in [0.1, 0.15) is 38.6 Å². The molecular weight excluding hydrogens is 360 g/mol. The summed E-state index contributed by atoms with van der Waals surface area (Å²) in [7, 11) is 0. The number of nitrogen functional groups attached to an aromatic ring is 1. The fourth-order valence-corrected chi connectivity index (χ4v) is 3.57. The van der Waals surface area contributed by atoms with E-state index in [0.29, 0.717) is 22.9 Å². The Kier molecular flexibility index (Phi) is 5.55. The molecule has 0 unspecified atom stereocenters. The van der Waals surface area contributed by atoms with Gasteiger partial charge in [0.25, 0.3) is 11.8 Å². The Hall–Kier alpha value is -2.12. The number of carbonyl (C=O) groups is 2. The van der Waals surface area contributed by atoms with Gasteiger partial charge in [0.05, 0.1) is 5.69 Å². The van der Waals surface area contributed by atoms with Gasteiger partial charge in [-0.2, -0.15) is 4.37 Å². The summed E-state index contributed by atoms with van der Waals surface area (Å²) < 4.78 is 4.11. The lowest BCUT2D eigenvalue weighted by molar-refractivity contribution is 0.0789. The van der Waals surface area contributed by atoms with E-state index in [0.717, 1.165) is 43.0 Å². The molecule has 1 aliphatic heterocycles. The standard InChI is InChI=1S/C17H19ClN4O2S/c18-12-5-3-11(4-6-12)7-8-20-16(23)15-13(19)14(21-25-15)17(24)22-9-1-2-10-22/h3-6H,1-2,7-10,19H2,(H,20,23). The molecule has 0 bridgehead atoms. The van der Waals surface area contributed by atoms with Crippen LogP contribution >= 0.6 is 23.1 Å². The third-order valence-corrected chi connectivity index (χ3v) is 5.26. The van der Waals surface area contributed by atoms with Gasteiger partial charge in [0, 0.05) is 24.7 Å². The van der Waals surface area contributed by atoms with Crippen molar-refractivity contribution in [2.75, 3.05) is 25.4 Å². The zero-order chi connectivity index (χ0) is 17.8. The predicted octanol–water partition coefficient (Wildman–Crippen LogP) is 2.59. The molecule has 0 spiro atoms. The van der Waals surface area contributed by atoms with Crippen molar-refractivity contribution in [2.45, 2.75) is 19.3 Å². The van der Waals surface area contributed by atoms with Gasteiger partial charge in [-0.25, -0.2) is 0 Å². The fraction of sp³-hybridized carbons (Fsp3) is 0.353. The van der Waals surface area contributed by atoms with Crippen molar-refractivity contribution in [2.24, 2.45) is 0 Å². The first-order valence-corrected chi connectivity index (χ1v) is 9.28. The molecule has 0 aliphatic carbocycles. The number of nitrogens with two attached hydrogens (primary N) is 1. The van der Waals surface area contributed by atoms with Crippen LogP contribution in [0.25, 0.3) is 0 Å². The van der Waals surface area contributed by atoms with Gasteiger partial charge in [-0.3, -0.25) is 9.59 Å². The molecule has 132 valence electrons. The lowest BCUT2D eigenvalue weighted by Crippen LogP contribution is -2.29. The average Bonchev–Trinajstić information content (AvgIpc) is 3.26. The van der Waals surface area contributed by atoms with Crippen molar-refractivity contribution >= 4 is 40.6 Å². The normalized spacial score (nSPS) is 13.9. The first-order valence-electron chi connectivity index (χ1n) is 8.13. The molecule has 2 aromatic rings. The van der Waals surface area contributed by atoms with Gasteiger partial charge in [0.1, 0.15) is 4.88 Å². The molecule has 25 heavy (non-hydrogen) atoms. The summed E-state index contributed by atoms with van der Waals surface area (Å²) in [6.45, 7) is 1.91. The van der Waals surface area contributed by atoms with E-state index in [2.05, 4.69) is 9.69 Å². The van der Waals surface area contributed by atoms with Gasteiger partial charge in [-0.05, 0) is 48.5 Å². The Morgan fingerprint density at radius 1 is 1.24 bits per heavy atom. The van der Waals surface area contributed by atoms with Gasteiger partial charge in [-0.15, -0.1) is 0 Å². The van der Waals surface area contributed by atoms with E-state index in [4.69, 9.17) is 17.3 Å². The highest BCUT2D eigenvalue weighted by Crippen LogP contribution is 2.24. The first-order chi connectivity index (χ1) is 12.1. The molecule has 3 rings (SSSR count). The number of likely N-dealkylation sites (tertiary alicyclic amines) is 1. The molecule has 8 heteroatoms. The smallest absolute Gasteiger partial charge is 0.275 e. The quantitative estimate of drug-likeness (QED) is 0.836. The molecule has 0 atom stereocenters. The van der Waals surface area contributed by atoms with Crippen LogP contribution in [0.4, 0.5) is 5.69 Å². The van der Waals surface area contributed by atoms with Gasteiger partial charge >= 0.3 is 0 Å². The second-order valence-electron chi connectivity index (χ2n) is 5.91. The summed E-state index contributed by atoms with van der Waals surface area (Å²) in [5, 5.41) is 3.50. The van der Waals surface area contributed by atoms with E-state index >= 15 is 0 Å². The average molecular weight is 379 g/mol. The van der Waals surface area contributed by atoms with E-state index in [1.54, 1.807) is 4.90 Å². The van der Waals surface area contributed by atoms with E-state index in [-0.39, 0.29) is 23.2 Å². The molecule has 6 nitrogen and oxygen atoms in total. The number of rotatable bonds is 5. The number of hydrogen-bond acceptors (Lipinski definition) is 5. The molecule has 3 N–H and O–H groups in total. The lowest BCUT2D eigenvalue weighted by atomic mass is 10.1. The number of hydrogen-bond donors (Lipinski definition) is 2. The minimum Gasteiger partial charge on any atom is -0.395 e. The summed E-state index contributed by atoms with van der Waals surface area (Å²) in [6.07, 6.45) is 2.67. The summed E-state index contributed by atoms with van der Waals surface area (Å²) in [5.41, 5.74) is 7.43. The van der Waals surface area contributed by atoms with Crippen LogP contribution in [0.5, 0.6) is 0 Å². The van der Waals surface area contributed by atoms with E-state index in [1.807, 2.05) is 24.3 Å². The Labute approximate surface area is 155 Å². The number of nitrogens with one attached hydrogen (secondary N) is 1. The molecule has 2 amide bonds. The van der Waals surface area contributed by atoms with Crippen molar-refractivity contribution in [1.29, 1.82) is 0 Å². The zero-order valence-electron chi connectivity index (χ0n) is 13.6. The maximum absolute atomic E-state index is 12.4. The summed E-state index contributed by atoms with van der Waals surface area (Å²) in [4.78, 5) is 26.7. The van der Waals surface area contributed by atoms with Crippen LogP contribution in [-0.4, -0.2) is 40.7 Å². The summed E-state index contributed by atoms with van der Waals surface area (Å²) in [5.74, 6) is -0.490. The highest BCUT2D eigenvalue weighted by molar-refractivity contribution is 7.09. The third kappa shape index (κ3) is 4.11. The molecule has 0 saturated carbocycles. The van der Waals surface area contributed by atoms with Crippen LogP contribution in [0.3, 0.4) is 0 Å². The molecule has 0 radical (unpaired) electrons. The van der Waals surface area contributed by atoms with Crippen molar-refractivity contribution < 1.29 is 9.59 Å². The van der Waals surface area contributed by atoms with Gasteiger partial charge in [0.2, 0.25) is 0 Å².